The number of aliphatic hydroxyl groups is 3. The summed E-state index contributed by atoms with van der Waals surface area (Å²) in [5, 5.41) is 46.8. The molecule has 47 heavy (non-hydrogen) atoms. The van der Waals surface area contributed by atoms with Gasteiger partial charge in [0.15, 0.2) is 5.78 Å². The maximum Gasteiger partial charge on any atom is 0.312 e. The monoisotopic (exact) mass is 653 g/mol. The van der Waals surface area contributed by atoms with E-state index >= 15 is 0 Å². The molecule has 1 aromatic carbocycles. The summed E-state index contributed by atoms with van der Waals surface area (Å²) < 4.78 is 17.2. The van der Waals surface area contributed by atoms with E-state index in [9.17, 15) is 39.6 Å². The minimum Gasteiger partial charge on any atom is -0.507 e. The standard InChI is InChI=1S/C35H43NO11/c1-15-10-9-11-16(2)34(44)36-21-14-22(37)24-25(31(21)42)30(41)20(6)32-26(24)33(43)35(7,47-32)46-13-12-23(45-8)17(3)28(39)19(5)29(40)18(4)27(15)38/h9-15,17-19,23,27-29,38-41H,1-8H3,(H,36,44)/b10-9+,13-12+,16-11+. The first-order valence-corrected chi connectivity index (χ1v) is 15.5. The highest BCUT2D eigenvalue weighted by Crippen LogP contribution is 2.47. The molecule has 1 aliphatic carbocycles. The number of methoxy groups -OCH3 is 1. The van der Waals surface area contributed by atoms with Crippen molar-refractivity contribution in [3.8, 4) is 11.5 Å². The van der Waals surface area contributed by atoms with E-state index in [1.165, 1.54) is 46.3 Å². The van der Waals surface area contributed by atoms with Gasteiger partial charge in [-0.2, -0.15) is 0 Å². The lowest BCUT2D eigenvalue weighted by Gasteiger charge is -2.36. The number of ether oxygens (including phenoxy) is 3. The Labute approximate surface area is 273 Å². The molecule has 5 rings (SSSR count). The Morgan fingerprint density at radius 1 is 0.872 bits per heavy atom. The third-order valence-corrected chi connectivity index (χ3v) is 9.54. The molecule has 5 bridgehead atoms. The van der Waals surface area contributed by atoms with Crippen LogP contribution < -0.4 is 10.1 Å². The molecule has 0 saturated heterocycles. The van der Waals surface area contributed by atoms with E-state index < -0.39 is 88.4 Å². The number of hydrogen-bond donors (Lipinski definition) is 5. The molecule has 3 aliphatic heterocycles. The molecular formula is C35H43NO11. The molecular weight excluding hydrogens is 610 g/mol. The lowest BCUT2D eigenvalue weighted by Crippen LogP contribution is -2.44. The Morgan fingerprint density at radius 2 is 1.49 bits per heavy atom. The van der Waals surface area contributed by atoms with Gasteiger partial charge in [-0.05, 0) is 19.9 Å². The van der Waals surface area contributed by atoms with Crippen LogP contribution in [0.4, 0.5) is 0 Å². The number of aliphatic hydroxyl groups excluding tert-OH is 3. The fraction of sp³-hybridized carbons (Fsp3) is 0.486. The van der Waals surface area contributed by atoms with Crippen molar-refractivity contribution in [1.82, 2.24) is 5.32 Å². The summed E-state index contributed by atoms with van der Waals surface area (Å²) >= 11 is 0. The molecule has 9 unspecified atom stereocenters. The van der Waals surface area contributed by atoms with E-state index in [4.69, 9.17) is 14.2 Å². The molecule has 0 radical (unpaired) electrons. The van der Waals surface area contributed by atoms with E-state index in [1.54, 1.807) is 39.8 Å². The van der Waals surface area contributed by atoms with Gasteiger partial charge in [0.25, 0.3) is 11.7 Å². The second-order valence-electron chi connectivity index (χ2n) is 12.8. The van der Waals surface area contributed by atoms with Crippen LogP contribution in [0.15, 0.2) is 47.9 Å². The Balaban J connectivity index is 1.80. The van der Waals surface area contributed by atoms with Gasteiger partial charge in [-0.15, -0.1) is 0 Å². The third-order valence-electron chi connectivity index (χ3n) is 9.54. The van der Waals surface area contributed by atoms with Gasteiger partial charge in [0.05, 0.1) is 53.1 Å². The van der Waals surface area contributed by atoms with E-state index in [0.717, 1.165) is 6.08 Å². The maximum absolute atomic E-state index is 13.8. The van der Waals surface area contributed by atoms with Crippen LogP contribution in [0.2, 0.25) is 0 Å². The number of carbonyl (C=O) groups excluding carboxylic acids is 4. The van der Waals surface area contributed by atoms with Crippen molar-refractivity contribution in [2.75, 3.05) is 7.11 Å². The van der Waals surface area contributed by atoms with Crippen LogP contribution in [0.3, 0.4) is 0 Å². The van der Waals surface area contributed by atoms with E-state index in [-0.39, 0.29) is 33.7 Å². The zero-order valence-corrected chi connectivity index (χ0v) is 27.7. The van der Waals surface area contributed by atoms with Gasteiger partial charge in [-0.3, -0.25) is 19.2 Å². The molecule has 0 aromatic heterocycles. The number of phenolic OH excluding ortho intramolecular Hbond substituents is 1. The molecule has 3 heterocycles. The summed E-state index contributed by atoms with van der Waals surface area (Å²) in [5.41, 5.74) is -1.24. The number of nitrogens with one attached hydrogen (secondary N) is 1. The lowest BCUT2D eigenvalue weighted by molar-refractivity contribution is -0.116. The van der Waals surface area contributed by atoms with Gasteiger partial charge in [0.1, 0.15) is 11.5 Å². The van der Waals surface area contributed by atoms with Crippen molar-refractivity contribution in [3.05, 3.63) is 70.2 Å². The molecule has 1 amide bonds. The second-order valence-corrected chi connectivity index (χ2v) is 12.8. The summed E-state index contributed by atoms with van der Waals surface area (Å²) in [4.78, 5) is 53.7. The van der Waals surface area contributed by atoms with Gasteiger partial charge in [-0.25, -0.2) is 0 Å². The van der Waals surface area contributed by atoms with Crippen LogP contribution >= 0.6 is 0 Å². The highest BCUT2D eigenvalue weighted by Gasteiger charge is 2.51. The number of phenols is 1. The van der Waals surface area contributed by atoms with Crippen molar-refractivity contribution in [2.45, 2.75) is 78.7 Å². The number of ketones is 3. The summed E-state index contributed by atoms with van der Waals surface area (Å²) in [7, 11) is 1.42. The predicted molar refractivity (Wildman–Crippen MR) is 170 cm³/mol. The Hall–Kier alpha value is -4.10. The van der Waals surface area contributed by atoms with E-state index in [2.05, 4.69) is 5.32 Å². The number of aromatic hydroxyl groups is 1. The molecule has 0 saturated carbocycles. The van der Waals surface area contributed by atoms with Crippen LogP contribution in [-0.4, -0.2) is 81.0 Å². The number of fused-ring (bicyclic) bond motifs is 14. The van der Waals surface area contributed by atoms with Crippen LogP contribution in [0, 0.1) is 30.6 Å². The number of amides is 1. The largest absolute Gasteiger partial charge is 0.507 e. The molecule has 9 atom stereocenters. The van der Waals surface area contributed by atoms with Crippen molar-refractivity contribution in [3.63, 3.8) is 0 Å². The van der Waals surface area contributed by atoms with Crippen LogP contribution in [0.1, 0.15) is 78.2 Å². The Kier molecular flexibility index (Phi) is 10.3. The van der Waals surface area contributed by atoms with E-state index in [0.29, 0.717) is 0 Å². The smallest absolute Gasteiger partial charge is 0.312 e. The minimum atomic E-state index is -2.00. The van der Waals surface area contributed by atoms with Crippen LogP contribution in [0.25, 0.3) is 0 Å². The third kappa shape index (κ3) is 6.42. The van der Waals surface area contributed by atoms with Gasteiger partial charge in [0, 0.05) is 54.9 Å². The molecule has 1 aromatic rings. The molecule has 0 fully saturated rings. The lowest BCUT2D eigenvalue weighted by atomic mass is 9.78. The van der Waals surface area contributed by atoms with E-state index in [1.807, 2.05) is 0 Å². The summed E-state index contributed by atoms with van der Waals surface area (Å²) in [6, 6.07) is 0. The molecule has 254 valence electrons. The number of benzene rings is 1. The molecule has 12 heteroatoms. The first-order chi connectivity index (χ1) is 22.0. The normalized spacial score (nSPS) is 36.1. The number of allylic oxidation sites excluding steroid dienone is 4. The molecule has 12 nitrogen and oxygen atoms in total. The first-order valence-electron chi connectivity index (χ1n) is 15.5. The summed E-state index contributed by atoms with van der Waals surface area (Å²) in [5.74, 6) is -8.23. The summed E-state index contributed by atoms with van der Waals surface area (Å²) in [6.45, 7) is 11.0. The quantitative estimate of drug-likeness (QED) is 0.300. The SMILES string of the molecule is COC1/C=C/OC2(C)Oc3c(C)c(O)c4c(c3C2=O)C(=O)C=C(NC(=O)/C(C)=C/C=C/C(C)C(O)C(C)C(O)C(C)C(O)C1C)C4=O. The highest BCUT2D eigenvalue weighted by atomic mass is 16.7. The van der Waals surface area contributed by atoms with Gasteiger partial charge in [0.2, 0.25) is 5.78 Å². The maximum atomic E-state index is 13.8. The van der Waals surface area contributed by atoms with Crippen LogP contribution in [0.5, 0.6) is 11.5 Å². The van der Waals surface area contributed by atoms with Crippen molar-refractivity contribution < 1.29 is 53.8 Å². The highest BCUT2D eigenvalue weighted by molar-refractivity contribution is 6.30. The summed E-state index contributed by atoms with van der Waals surface area (Å²) in [6.07, 6.45) is 4.25. The Bertz CT molecular complexity index is 1600. The molecule has 5 N–H and O–H groups in total. The number of rotatable bonds is 1. The zero-order chi connectivity index (χ0) is 35.1. The predicted octanol–water partition coefficient (Wildman–Crippen LogP) is 3.06. The van der Waals surface area contributed by atoms with Crippen molar-refractivity contribution in [1.29, 1.82) is 0 Å². The van der Waals surface area contributed by atoms with Crippen molar-refractivity contribution >= 4 is 23.3 Å². The Morgan fingerprint density at radius 3 is 2.13 bits per heavy atom. The number of Topliss-reactive ketones (excluding diaryl/α,β-unsaturated/α-hetero) is 2. The molecule has 4 aliphatic rings. The van der Waals surface area contributed by atoms with Gasteiger partial charge < -0.3 is 40.0 Å². The van der Waals surface area contributed by atoms with Gasteiger partial charge in [-0.1, -0.05) is 45.9 Å². The fourth-order valence-electron chi connectivity index (χ4n) is 6.23. The minimum absolute atomic E-state index is 0.0217. The van der Waals surface area contributed by atoms with Gasteiger partial charge >= 0.3 is 5.79 Å². The van der Waals surface area contributed by atoms with Crippen molar-refractivity contribution in [2.24, 2.45) is 23.7 Å². The number of hydrogen-bond acceptors (Lipinski definition) is 11. The number of carbonyl (C=O) groups is 4. The molecule has 0 spiro atoms. The average Bonchev–Trinajstić information content (AvgIpc) is 3.30. The first kappa shape index (κ1) is 35.7. The fourth-order valence-corrected chi connectivity index (χ4v) is 6.23. The zero-order valence-electron chi connectivity index (χ0n) is 27.7. The average molecular weight is 654 g/mol. The second kappa shape index (κ2) is 13.6. The van der Waals surface area contributed by atoms with Crippen LogP contribution in [-0.2, 0) is 14.3 Å². The topological polar surface area (TPSA) is 189 Å².